The number of hydrogen-bond acceptors (Lipinski definition) is 6. The van der Waals surface area contributed by atoms with Gasteiger partial charge in [-0.25, -0.2) is 9.67 Å². The van der Waals surface area contributed by atoms with Crippen molar-refractivity contribution in [2.24, 2.45) is 0 Å². The van der Waals surface area contributed by atoms with Crippen LogP contribution in [-0.4, -0.2) is 48.8 Å². The monoisotopic (exact) mass is 378 g/mol. The third-order valence-corrected chi connectivity index (χ3v) is 5.30. The molecule has 0 N–H and O–H groups in total. The smallest absolute Gasteiger partial charge is 0.227 e. The van der Waals surface area contributed by atoms with E-state index in [0.717, 1.165) is 23.6 Å². The third kappa shape index (κ3) is 3.54. The molecule has 5 rings (SSSR count). The minimum absolute atomic E-state index is 0.104. The second-order valence-electron chi connectivity index (χ2n) is 7.39. The Morgan fingerprint density at radius 3 is 2.79 bits per heavy atom. The normalized spacial score (nSPS) is 16.6. The van der Waals surface area contributed by atoms with E-state index in [-0.39, 0.29) is 5.91 Å². The highest BCUT2D eigenvalue weighted by Gasteiger charge is 2.30. The summed E-state index contributed by atoms with van der Waals surface area (Å²) >= 11 is 0. The third-order valence-electron chi connectivity index (χ3n) is 5.30. The van der Waals surface area contributed by atoms with Crippen molar-refractivity contribution in [1.82, 2.24) is 29.8 Å². The number of nitrogens with zero attached hydrogens (tertiary/aromatic N) is 6. The highest BCUT2D eigenvalue weighted by atomic mass is 16.5. The lowest BCUT2D eigenvalue weighted by molar-refractivity contribution is -0.131. The number of carbonyl (C=O) groups is 1. The molecule has 1 aromatic carbocycles. The molecule has 0 atom stereocenters. The fraction of sp³-hybridized carbons (Fsp3) is 0.450. The van der Waals surface area contributed by atoms with Crippen LogP contribution in [0.4, 0.5) is 0 Å². The molecule has 8 nitrogen and oxygen atoms in total. The van der Waals surface area contributed by atoms with Crippen LogP contribution in [-0.2, 0) is 24.2 Å². The van der Waals surface area contributed by atoms with Crippen molar-refractivity contribution in [1.29, 1.82) is 0 Å². The Labute approximate surface area is 162 Å². The number of rotatable bonds is 5. The molecule has 1 aliphatic heterocycles. The lowest BCUT2D eigenvalue weighted by Gasteiger charge is -2.19. The van der Waals surface area contributed by atoms with E-state index in [1.54, 1.807) is 0 Å². The summed E-state index contributed by atoms with van der Waals surface area (Å²) in [5, 5.41) is 8.63. The molecule has 2 aromatic heterocycles. The van der Waals surface area contributed by atoms with Gasteiger partial charge in [0, 0.05) is 43.8 Å². The number of carbonyl (C=O) groups excluding carboxylic acids is 1. The van der Waals surface area contributed by atoms with E-state index in [4.69, 9.17) is 4.52 Å². The van der Waals surface area contributed by atoms with Gasteiger partial charge in [-0.1, -0.05) is 35.5 Å². The Morgan fingerprint density at radius 2 is 1.96 bits per heavy atom. The zero-order chi connectivity index (χ0) is 18.9. The maximum absolute atomic E-state index is 12.6. The Balaban J connectivity index is 1.16. The minimum atomic E-state index is 0.104. The zero-order valence-corrected chi connectivity index (χ0v) is 15.6. The van der Waals surface area contributed by atoms with E-state index < -0.39 is 0 Å². The fourth-order valence-electron chi connectivity index (χ4n) is 3.52. The lowest BCUT2D eigenvalue weighted by atomic mass is 10.2. The molecule has 0 saturated heterocycles. The molecule has 144 valence electrons. The van der Waals surface area contributed by atoms with Gasteiger partial charge >= 0.3 is 0 Å². The Morgan fingerprint density at radius 1 is 1.11 bits per heavy atom. The van der Waals surface area contributed by atoms with Crippen LogP contribution in [0.1, 0.15) is 42.7 Å². The molecule has 1 saturated carbocycles. The van der Waals surface area contributed by atoms with Crippen LogP contribution in [0.25, 0.3) is 11.4 Å². The molecule has 0 unspecified atom stereocenters. The van der Waals surface area contributed by atoms with Crippen LogP contribution < -0.4 is 0 Å². The van der Waals surface area contributed by atoms with Gasteiger partial charge < -0.3 is 9.42 Å². The quantitative estimate of drug-likeness (QED) is 0.676. The predicted molar refractivity (Wildman–Crippen MR) is 100 cm³/mol. The van der Waals surface area contributed by atoms with Crippen LogP contribution in [0, 0.1) is 0 Å². The van der Waals surface area contributed by atoms with Crippen LogP contribution in [0.2, 0.25) is 0 Å². The maximum atomic E-state index is 12.6. The van der Waals surface area contributed by atoms with E-state index >= 15 is 0 Å². The summed E-state index contributed by atoms with van der Waals surface area (Å²) in [6, 6.07) is 9.67. The van der Waals surface area contributed by atoms with Crippen LogP contribution in [0.15, 0.2) is 34.9 Å². The number of aromatic nitrogens is 5. The van der Waals surface area contributed by atoms with Crippen molar-refractivity contribution in [3.8, 4) is 11.4 Å². The molecular weight excluding hydrogens is 356 g/mol. The summed E-state index contributed by atoms with van der Waals surface area (Å²) in [7, 11) is 0. The minimum Gasteiger partial charge on any atom is -0.340 e. The lowest BCUT2D eigenvalue weighted by Crippen LogP contribution is -2.33. The van der Waals surface area contributed by atoms with Crippen molar-refractivity contribution >= 4 is 5.91 Å². The summed E-state index contributed by atoms with van der Waals surface area (Å²) in [5.74, 6) is 3.70. The summed E-state index contributed by atoms with van der Waals surface area (Å²) < 4.78 is 7.28. The van der Waals surface area contributed by atoms with E-state index in [9.17, 15) is 4.79 Å². The van der Waals surface area contributed by atoms with E-state index in [0.29, 0.717) is 50.1 Å². The van der Waals surface area contributed by atoms with Gasteiger partial charge in [-0.05, 0) is 12.8 Å². The van der Waals surface area contributed by atoms with E-state index in [1.165, 1.54) is 12.8 Å². The van der Waals surface area contributed by atoms with Gasteiger partial charge in [0.25, 0.3) is 0 Å². The standard InChI is InChI=1S/C20H22N6O2/c27-18(9-8-17-22-20(24-28-17)14-4-2-1-3-5-14)25-11-10-16-21-19(15-6-7-15)23-26(16)13-12-25/h1-5,15H,6-13H2. The summed E-state index contributed by atoms with van der Waals surface area (Å²) in [6.45, 7) is 2.05. The summed E-state index contributed by atoms with van der Waals surface area (Å²) in [4.78, 5) is 23.6. The van der Waals surface area contributed by atoms with Crippen LogP contribution >= 0.6 is 0 Å². The first-order valence-electron chi connectivity index (χ1n) is 9.85. The van der Waals surface area contributed by atoms with Crippen molar-refractivity contribution in [2.75, 3.05) is 13.1 Å². The second-order valence-corrected chi connectivity index (χ2v) is 7.39. The zero-order valence-electron chi connectivity index (χ0n) is 15.6. The van der Waals surface area contributed by atoms with Crippen LogP contribution in [0.5, 0.6) is 0 Å². The molecule has 0 bridgehead atoms. The first-order valence-corrected chi connectivity index (χ1v) is 9.85. The molecule has 8 heteroatoms. The first kappa shape index (κ1) is 17.1. The number of benzene rings is 1. The Hall–Kier alpha value is -3.03. The summed E-state index contributed by atoms with van der Waals surface area (Å²) in [6.07, 6.45) is 3.97. The molecule has 3 aromatic rings. The van der Waals surface area contributed by atoms with Gasteiger partial charge in [-0.2, -0.15) is 10.1 Å². The average molecular weight is 378 g/mol. The van der Waals surface area contributed by atoms with Crippen molar-refractivity contribution in [2.45, 2.75) is 44.6 Å². The van der Waals surface area contributed by atoms with Gasteiger partial charge in [-0.3, -0.25) is 4.79 Å². The molecule has 0 radical (unpaired) electrons. The number of hydrogen-bond donors (Lipinski definition) is 0. The molecule has 2 aliphatic rings. The van der Waals surface area contributed by atoms with Gasteiger partial charge in [0.15, 0.2) is 5.82 Å². The number of fused-ring (bicyclic) bond motifs is 1. The first-order chi connectivity index (χ1) is 13.8. The topological polar surface area (TPSA) is 89.9 Å². The molecule has 28 heavy (non-hydrogen) atoms. The Bertz CT molecular complexity index is 950. The largest absolute Gasteiger partial charge is 0.340 e. The molecule has 1 fully saturated rings. The van der Waals surface area contributed by atoms with E-state index in [1.807, 2.05) is 39.9 Å². The van der Waals surface area contributed by atoms with Gasteiger partial charge in [0.05, 0.1) is 6.54 Å². The highest BCUT2D eigenvalue weighted by molar-refractivity contribution is 5.76. The molecular formula is C20H22N6O2. The van der Waals surface area contributed by atoms with Gasteiger partial charge in [-0.15, -0.1) is 0 Å². The maximum Gasteiger partial charge on any atom is 0.227 e. The predicted octanol–water partition coefficient (Wildman–Crippen LogP) is 2.22. The second kappa shape index (κ2) is 7.18. The van der Waals surface area contributed by atoms with Crippen LogP contribution in [0.3, 0.4) is 0 Å². The van der Waals surface area contributed by atoms with Gasteiger partial charge in [0.1, 0.15) is 5.82 Å². The molecule has 1 aliphatic carbocycles. The van der Waals surface area contributed by atoms with Crippen molar-refractivity contribution in [3.05, 3.63) is 47.9 Å². The highest BCUT2D eigenvalue weighted by Crippen LogP contribution is 2.38. The molecule has 0 spiro atoms. The average Bonchev–Trinajstić information content (AvgIpc) is 3.39. The Kier molecular flexibility index (Phi) is 4.38. The number of amides is 1. The summed E-state index contributed by atoms with van der Waals surface area (Å²) in [5.41, 5.74) is 0.906. The van der Waals surface area contributed by atoms with E-state index in [2.05, 4.69) is 20.2 Å². The SMILES string of the molecule is O=C(CCc1nc(-c2ccccc2)no1)N1CCc2nc(C3CC3)nn2CC1. The van der Waals surface area contributed by atoms with Gasteiger partial charge in [0.2, 0.25) is 17.6 Å². The molecule has 1 amide bonds. The fourth-order valence-corrected chi connectivity index (χ4v) is 3.52. The van der Waals surface area contributed by atoms with Crippen molar-refractivity contribution in [3.63, 3.8) is 0 Å². The van der Waals surface area contributed by atoms with Crippen molar-refractivity contribution < 1.29 is 9.32 Å². The number of aryl methyl sites for hydroxylation is 1. The molecule has 3 heterocycles.